The third kappa shape index (κ3) is 3.41. The zero-order valence-corrected chi connectivity index (χ0v) is 21.6. The number of hydrogen-bond donors (Lipinski definition) is 1. The normalized spacial score (nSPS) is 11.9. The number of hydrogen-bond acceptors (Lipinski definition) is 0. The molecule has 41 heavy (non-hydrogen) atoms. The Morgan fingerprint density at radius 2 is 0.610 bits per heavy atom. The van der Waals surface area contributed by atoms with Gasteiger partial charge in [0.25, 0.3) is 0 Å². The molecule has 17 heteroatoms. The van der Waals surface area contributed by atoms with E-state index in [1.54, 1.807) is 4.57 Å². The van der Waals surface area contributed by atoms with Gasteiger partial charge in [-0.25, -0.2) is 0 Å². The molecule has 30 radical (unpaired) electrons. The highest BCUT2D eigenvalue weighted by Gasteiger charge is 2.26. The first kappa shape index (κ1) is 28.6. The van der Waals surface area contributed by atoms with E-state index < -0.39 is 0 Å². The second-order valence-electron chi connectivity index (χ2n) is 9.96. The van der Waals surface area contributed by atoms with Gasteiger partial charge in [0.15, 0.2) is 0 Å². The van der Waals surface area contributed by atoms with Gasteiger partial charge in [0.1, 0.15) is 118 Å². The molecule has 0 bridgehead atoms. The monoisotopic (exact) mass is 482 g/mol. The summed E-state index contributed by atoms with van der Waals surface area (Å²) in [5, 5.41) is 1.36. The third-order valence-electron chi connectivity index (χ3n) is 7.94. The van der Waals surface area contributed by atoms with Crippen molar-refractivity contribution < 1.29 is 0 Å². The molecule has 2 aromatic heterocycles. The van der Waals surface area contributed by atoms with Gasteiger partial charge in [-0.3, -0.25) is 0 Å². The Kier molecular flexibility index (Phi) is 6.43. The van der Waals surface area contributed by atoms with Crippen molar-refractivity contribution in [2.75, 3.05) is 0 Å². The molecule has 0 unspecified atom stereocenters. The molecule has 0 aliphatic heterocycles. The van der Waals surface area contributed by atoms with Crippen LogP contribution in [-0.2, 0) is 0 Å². The molecule has 4 aromatic carbocycles. The fraction of sp³-hybridized carbons (Fsp3) is 0. The average molecular weight is 479 g/mol. The van der Waals surface area contributed by atoms with Crippen molar-refractivity contribution in [3.8, 4) is 5.69 Å². The van der Waals surface area contributed by atoms with Crippen LogP contribution in [0, 0.1) is 0 Å². The lowest BCUT2D eigenvalue weighted by molar-refractivity contribution is 1.22. The SMILES string of the molecule is [B]c1c([B])c([B])c2c([nH]c3c(-n4c5c([B])c([B])c([B])c([B])c5c5c([B])c([B])c([B])c([B])c54)c([B])c([B])c([B])c32)c1[B]. The summed E-state index contributed by atoms with van der Waals surface area (Å²) in [6.07, 6.45) is 0. The number of H-pyrrole nitrogens is 1. The molecule has 0 aliphatic carbocycles. The molecule has 0 saturated carbocycles. The van der Waals surface area contributed by atoms with E-state index in [1.165, 1.54) is 0 Å². The van der Waals surface area contributed by atoms with Crippen LogP contribution in [0.25, 0.3) is 49.3 Å². The quantitative estimate of drug-likeness (QED) is 0.226. The summed E-state index contributed by atoms with van der Waals surface area (Å²) in [7, 11) is 96.0. The largest absolute Gasteiger partial charge is 0.353 e. The summed E-state index contributed by atoms with van der Waals surface area (Å²) in [5.74, 6) is 0. The molecular weight excluding hydrogens is 478 g/mol. The molecule has 152 valence electrons. The summed E-state index contributed by atoms with van der Waals surface area (Å²) < 4.78 is 1.58. The second kappa shape index (κ2) is 9.22. The average Bonchev–Trinajstić information content (AvgIpc) is 3.51. The topological polar surface area (TPSA) is 20.7 Å². The number of benzene rings is 4. The van der Waals surface area contributed by atoms with Gasteiger partial charge in [-0.2, -0.15) is 0 Å². The fourth-order valence-electron chi connectivity index (χ4n) is 5.69. The molecule has 1 N–H and O–H groups in total. The van der Waals surface area contributed by atoms with Crippen molar-refractivity contribution in [2.24, 2.45) is 0 Å². The minimum absolute atomic E-state index is 0.0149. The maximum Gasteiger partial charge on any atom is 0.115 e. The lowest BCUT2D eigenvalue weighted by Crippen LogP contribution is -2.49. The van der Waals surface area contributed by atoms with Crippen LogP contribution in [0.5, 0.6) is 0 Å². The van der Waals surface area contributed by atoms with Crippen molar-refractivity contribution in [1.82, 2.24) is 9.55 Å². The molecular formula is C24HB15N2. The van der Waals surface area contributed by atoms with Crippen molar-refractivity contribution in [1.29, 1.82) is 0 Å². The number of nitrogens with zero attached hydrogens (tertiary/aromatic N) is 1. The predicted octanol–water partition coefficient (Wildman–Crippen LogP) is -11.7. The first-order chi connectivity index (χ1) is 19.1. The van der Waals surface area contributed by atoms with Gasteiger partial charge in [0, 0.05) is 21.9 Å². The zero-order chi connectivity index (χ0) is 30.1. The van der Waals surface area contributed by atoms with E-state index in [4.69, 9.17) is 118 Å². The van der Waals surface area contributed by atoms with Crippen LogP contribution in [0.2, 0.25) is 0 Å². The first-order valence-electron chi connectivity index (χ1n) is 12.0. The number of rotatable bonds is 1. The molecule has 0 amide bonds. The molecule has 2 heterocycles. The predicted molar refractivity (Wildman–Crippen MR) is 191 cm³/mol. The maximum atomic E-state index is 6.68. The lowest BCUT2D eigenvalue weighted by Gasteiger charge is -2.22. The van der Waals surface area contributed by atoms with E-state index in [0.29, 0.717) is 32.6 Å². The lowest BCUT2D eigenvalue weighted by atomic mass is 9.63. The number of nitrogens with one attached hydrogen (secondary N) is 1. The molecule has 6 rings (SSSR count). The van der Waals surface area contributed by atoms with Crippen LogP contribution in [0.3, 0.4) is 0 Å². The standard InChI is InChI=1S/C24HB15N2/c25-5-1-2-6(26)12(32)19(39)24(21(2)40-20(1)16(36)13(33)9(5)29)41-22-3(7(27)10(30)14(34)17(22)37)4-8(28)11(31)15(35)18(38)23(4)41/h40H. The maximum absolute atomic E-state index is 6.68. The van der Waals surface area contributed by atoms with E-state index >= 15 is 0 Å². The first-order valence-corrected chi connectivity index (χ1v) is 12.0. The van der Waals surface area contributed by atoms with Crippen molar-refractivity contribution in [3.63, 3.8) is 0 Å². The van der Waals surface area contributed by atoms with Gasteiger partial charge in [0.2, 0.25) is 0 Å². The fourth-order valence-corrected chi connectivity index (χ4v) is 5.69. The third-order valence-corrected chi connectivity index (χ3v) is 7.94. The molecule has 0 aliphatic rings. The van der Waals surface area contributed by atoms with E-state index in [1.807, 2.05) is 0 Å². The van der Waals surface area contributed by atoms with Crippen molar-refractivity contribution >= 4 is 243 Å². The van der Waals surface area contributed by atoms with Crippen LogP contribution >= 0.6 is 0 Å². The van der Waals surface area contributed by atoms with E-state index in [9.17, 15) is 0 Å². The van der Waals surface area contributed by atoms with Crippen molar-refractivity contribution in [2.45, 2.75) is 0 Å². The van der Waals surface area contributed by atoms with Gasteiger partial charge in [-0.05, 0) is 16.2 Å². The van der Waals surface area contributed by atoms with Crippen LogP contribution in [0.4, 0.5) is 0 Å². The summed E-state index contributed by atoms with van der Waals surface area (Å²) in [6, 6.07) is 0. The van der Waals surface area contributed by atoms with Crippen molar-refractivity contribution in [3.05, 3.63) is 0 Å². The summed E-state index contributed by atoms with van der Waals surface area (Å²) in [5.41, 5.74) is 2.33. The van der Waals surface area contributed by atoms with Crippen LogP contribution < -0.4 is 81.9 Å². The van der Waals surface area contributed by atoms with Gasteiger partial charge >= 0.3 is 0 Å². The van der Waals surface area contributed by atoms with Crippen LogP contribution in [0.1, 0.15) is 0 Å². The Labute approximate surface area is 257 Å². The highest BCUT2D eigenvalue weighted by atomic mass is 15.0. The number of fused-ring (bicyclic) bond motifs is 6. The Bertz CT molecular complexity index is 2130. The Balaban J connectivity index is 2.03. The van der Waals surface area contributed by atoms with Crippen LogP contribution in [0.15, 0.2) is 0 Å². The Morgan fingerprint density at radius 3 is 1.05 bits per heavy atom. The van der Waals surface area contributed by atoms with Gasteiger partial charge in [-0.1, -0.05) is 43.7 Å². The van der Waals surface area contributed by atoms with Crippen LogP contribution in [-0.4, -0.2) is 127 Å². The highest BCUT2D eigenvalue weighted by molar-refractivity contribution is 6.73. The molecule has 0 atom stereocenters. The van der Waals surface area contributed by atoms with Gasteiger partial charge < -0.3 is 9.55 Å². The second-order valence-corrected chi connectivity index (χ2v) is 9.96. The van der Waals surface area contributed by atoms with E-state index in [0.717, 1.165) is 0 Å². The Morgan fingerprint density at radius 1 is 0.293 bits per heavy atom. The minimum atomic E-state index is 0.0149. The Hall–Kier alpha value is -2.55. The van der Waals surface area contributed by atoms with Gasteiger partial charge in [0.05, 0.1) is 11.2 Å². The molecule has 0 fully saturated rings. The molecule has 2 nitrogen and oxygen atoms in total. The zero-order valence-electron chi connectivity index (χ0n) is 21.6. The summed E-state index contributed by atoms with van der Waals surface area (Å²) >= 11 is 0. The highest BCUT2D eigenvalue weighted by Crippen LogP contribution is 2.30. The molecule has 6 aromatic rings. The van der Waals surface area contributed by atoms with Gasteiger partial charge in [-0.15, -0.1) is 38.2 Å². The number of aromatic amines is 1. The smallest absolute Gasteiger partial charge is 0.115 e. The van der Waals surface area contributed by atoms with E-state index in [2.05, 4.69) is 4.98 Å². The number of aromatic nitrogens is 2. The summed E-state index contributed by atoms with van der Waals surface area (Å²) in [4.78, 5) is 3.24. The molecule has 0 saturated heterocycles. The summed E-state index contributed by atoms with van der Waals surface area (Å²) in [6.45, 7) is 0. The minimum Gasteiger partial charge on any atom is -0.353 e. The van der Waals surface area contributed by atoms with E-state index in [-0.39, 0.29) is 98.7 Å². The molecule has 0 spiro atoms.